The lowest BCUT2D eigenvalue weighted by molar-refractivity contribution is 0.625. The second-order valence-corrected chi connectivity index (χ2v) is 5.23. The minimum absolute atomic E-state index is 0.0724. The number of nitriles is 1. The lowest BCUT2D eigenvalue weighted by Crippen LogP contribution is -2.09. The van der Waals surface area contributed by atoms with E-state index in [1.54, 1.807) is 12.3 Å². The molecule has 3 aromatic rings. The molecular weight excluding hydrogens is 272 g/mol. The molecule has 0 N–H and O–H groups in total. The fourth-order valence-corrected chi connectivity index (χ4v) is 2.52. The van der Waals surface area contributed by atoms with Gasteiger partial charge < -0.3 is 4.57 Å². The maximum Gasteiger partial charge on any atom is 0.140 e. The third-order valence-corrected chi connectivity index (χ3v) is 3.67. The van der Waals surface area contributed by atoms with E-state index in [1.807, 2.05) is 49.5 Å². The number of hydrogen-bond acceptors (Lipinski definition) is 3. The Morgan fingerprint density at radius 2 is 2.00 bits per heavy atom. The summed E-state index contributed by atoms with van der Waals surface area (Å²) in [7, 11) is 0. The lowest BCUT2D eigenvalue weighted by Gasteiger charge is -2.16. The summed E-state index contributed by atoms with van der Waals surface area (Å²) in [4.78, 5) is 9.05. The van der Waals surface area contributed by atoms with Gasteiger partial charge in [0.2, 0.25) is 0 Å². The molecule has 0 fully saturated rings. The van der Waals surface area contributed by atoms with E-state index in [2.05, 4.69) is 27.5 Å². The van der Waals surface area contributed by atoms with Gasteiger partial charge in [-0.25, -0.2) is 4.98 Å². The standard InChI is InChI=1S/C18H16N4/c1-13-5-3-8-17(21-13)14(2)22-10-9-20-18(22)16-7-4-6-15(11-16)12-19/h3-11,14H,1-2H3. The van der Waals surface area contributed by atoms with Crippen LogP contribution in [0, 0.1) is 18.3 Å². The van der Waals surface area contributed by atoms with Crippen molar-refractivity contribution in [2.24, 2.45) is 0 Å². The average Bonchev–Trinajstić information content (AvgIpc) is 3.04. The minimum Gasteiger partial charge on any atom is -0.322 e. The molecule has 2 aromatic heterocycles. The van der Waals surface area contributed by atoms with E-state index >= 15 is 0 Å². The molecule has 0 radical (unpaired) electrons. The van der Waals surface area contributed by atoms with Crippen LogP contribution in [0.1, 0.15) is 29.9 Å². The molecule has 0 aliphatic carbocycles. The van der Waals surface area contributed by atoms with Crippen LogP contribution in [-0.4, -0.2) is 14.5 Å². The van der Waals surface area contributed by atoms with Gasteiger partial charge in [-0.05, 0) is 38.1 Å². The van der Waals surface area contributed by atoms with Gasteiger partial charge in [-0.2, -0.15) is 5.26 Å². The van der Waals surface area contributed by atoms with Crippen molar-refractivity contribution in [2.45, 2.75) is 19.9 Å². The highest BCUT2D eigenvalue weighted by atomic mass is 15.1. The quantitative estimate of drug-likeness (QED) is 0.737. The van der Waals surface area contributed by atoms with Crippen molar-refractivity contribution in [3.63, 3.8) is 0 Å². The Hall–Kier alpha value is -2.93. The first-order valence-corrected chi connectivity index (χ1v) is 7.16. The van der Waals surface area contributed by atoms with Crippen molar-refractivity contribution in [2.75, 3.05) is 0 Å². The van der Waals surface area contributed by atoms with Crippen LogP contribution in [0.3, 0.4) is 0 Å². The zero-order chi connectivity index (χ0) is 15.5. The summed E-state index contributed by atoms with van der Waals surface area (Å²) < 4.78 is 2.08. The van der Waals surface area contributed by atoms with Gasteiger partial charge in [0.05, 0.1) is 23.4 Å². The van der Waals surface area contributed by atoms with Crippen molar-refractivity contribution in [1.82, 2.24) is 14.5 Å². The summed E-state index contributed by atoms with van der Waals surface area (Å²) in [5.41, 5.74) is 3.56. The minimum atomic E-state index is 0.0724. The Morgan fingerprint density at radius 3 is 2.77 bits per heavy atom. The second-order valence-electron chi connectivity index (χ2n) is 5.23. The van der Waals surface area contributed by atoms with Gasteiger partial charge in [-0.15, -0.1) is 0 Å². The lowest BCUT2D eigenvalue weighted by atomic mass is 10.1. The molecule has 22 heavy (non-hydrogen) atoms. The first-order valence-electron chi connectivity index (χ1n) is 7.16. The van der Waals surface area contributed by atoms with Gasteiger partial charge in [0, 0.05) is 23.7 Å². The van der Waals surface area contributed by atoms with Gasteiger partial charge in [-0.1, -0.05) is 18.2 Å². The first-order chi connectivity index (χ1) is 10.7. The zero-order valence-electron chi connectivity index (χ0n) is 12.6. The van der Waals surface area contributed by atoms with Crippen molar-refractivity contribution in [1.29, 1.82) is 5.26 Å². The molecule has 2 heterocycles. The molecule has 0 aliphatic rings. The third-order valence-electron chi connectivity index (χ3n) is 3.67. The van der Waals surface area contributed by atoms with E-state index < -0.39 is 0 Å². The van der Waals surface area contributed by atoms with Gasteiger partial charge in [-0.3, -0.25) is 4.98 Å². The van der Waals surface area contributed by atoms with Gasteiger partial charge in [0.25, 0.3) is 0 Å². The number of imidazole rings is 1. The van der Waals surface area contributed by atoms with E-state index in [9.17, 15) is 0 Å². The van der Waals surface area contributed by atoms with E-state index in [-0.39, 0.29) is 6.04 Å². The van der Waals surface area contributed by atoms with Crippen LogP contribution in [-0.2, 0) is 0 Å². The molecule has 108 valence electrons. The highest BCUT2D eigenvalue weighted by molar-refractivity contribution is 5.58. The molecule has 4 nitrogen and oxygen atoms in total. The topological polar surface area (TPSA) is 54.5 Å². The monoisotopic (exact) mass is 288 g/mol. The number of rotatable bonds is 3. The molecule has 1 atom stereocenters. The fraction of sp³-hybridized carbons (Fsp3) is 0.167. The molecule has 4 heteroatoms. The number of benzene rings is 1. The number of aromatic nitrogens is 3. The van der Waals surface area contributed by atoms with Crippen LogP contribution in [0.2, 0.25) is 0 Å². The van der Waals surface area contributed by atoms with Crippen LogP contribution in [0.5, 0.6) is 0 Å². The van der Waals surface area contributed by atoms with E-state index in [1.165, 1.54) is 0 Å². The summed E-state index contributed by atoms with van der Waals surface area (Å²) in [5.74, 6) is 0.841. The summed E-state index contributed by atoms with van der Waals surface area (Å²) in [6.07, 6.45) is 3.73. The molecule has 0 saturated heterocycles. The average molecular weight is 288 g/mol. The highest BCUT2D eigenvalue weighted by Gasteiger charge is 2.14. The van der Waals surface area contributed by atoms with Gasteiger partial charge in [0.15, 0.2) is 0 Å². The second kappa shape index (κ2) is 5.82. The SMILES string of the molecule is Cc1cccc(C(C)n2ccnc2-c2cccc(C#N)c2)n1. The largest absolute Gasteiger partial charge is 0.322 e. The van der Waals surface area contributed by atoms with Crippen LogP contribution < -0.4 is 0 Å². The first kappa shape index (κ1) is 14.0. The Kier molecular flexibility index (Phi) is 3.71. The summed E-state index contributed by atoms with van der Waals surface area (Å²) in [5, 5.41) is 9.06. The maximum atomic E-state index is 9.06. The van der Waals surface area contributed by atoms with E-state index in [0.29, 0.717) is 5.56 Å². The number of hydrogen-bond donors (Lipinski definition) is 0. The molecule has 1 aromatic carbocycles. The van der Waals surface area contributed by atoms with Crippen molar-refractivity contribution in [3.8, 4) is 17.5 Å². The smallest absolute Gasteiger partial charge is 0.140 e. The Bertz CT molecular complexity index is 842. The Labute approximate surface area is 129 Å². The molecule has 1 unspecified atom stereocenters. The summed E-state index contributed by atoms with van der Waals surface area (Å²) in [6, 6.07) is 15.8. The van der Waals surface area contributed by atoms with Crippen LogP contribution in [0.25, 0.3) is 11.4 Å². The Balaban J connectivity index is 2.03. The number of aryl methyl sites for hydroxylation is 1. The highest BCUT2D eigenvalue weighted by Crippen LogP contribution is 2.25. The molecule has 3 rings (SSSR count). The van der Waals surface area contributed by atoms with Crippen molar-refractivity contribution in [3.05, 3.63) is 71.8 Å². The van der Waals surface area contributed by atoms with Crippen molar-refractivity contribution < 1.29 is 0 Å². The van der Waals surface area contributed by atoms with Gasteiger partial charge in [0.1, 0.15) is 5.82 Å². The Morgan fingerprint density at radius 1 is 1.18 bits per heavy atom. The molecule has 0 amide bonds. The fourth-order valence-electron chi connectivity index (χ4n) is 2.52. The predicted molar refractivity (Wildman–Crippen MR) is 85.2 cm³/mol. The molecule has 0 aliphatic heterocycles. The van der Waals surface area contributed by atoms with Crippen LogP contribution in [0.15, 0.2) is 54.9 Å². The van der Waals surface area contributed by atoms with Crippen molar-refractivity contribution >= 4 is 0 Å². The summed E-state index contributed by atoms with van der Waals surface area (Å²) >= 11 is 0. The molecular formula is C18H16N4. The molecule has 0 saturated carbocycles. The molecule has 0 spiro atoms. The van der Waals surface area contributed by atoms with E-state index in [4.69, 9.17) is 5.26 Å². The predicted octanol–water partition coefficient (Wildman–Crippen LogP) is 3.73. The zero-order valence-corrected chi connectivity index (χ0v) is 12.6. The van der Waals surface area contributed by atoms with E-state index in [0.717, 1.165) is 22.8 Å². The third kappa shape index (κ3) is 2.61. The van der Waals surface area contributed by atoms with Crippen LogP contribution in [0.4, 0.5) is 0 Å². The number of pyridine rings is 1. The number of nitrogens with zero attached hydrogens (tertiary/aromatic N) is 4. The molecule has 0 bridgehead atoms. The van der Waals surface area contributed by atoms with Crippen LogP contribution >= 0.6 is 0 Å². The maximum absolute atomic E-state index is 9.06. The van der Waals surface area contributed by atoms with Gasteiger partial charge >= 0.3 is 0 Å². The summed E-state index contributed by atoms with van der Waals surface area (Å²) in [6.45, 7) is 4.09. The normalized spacial score (nSPS) is 11.9.